The van der Waals surface area contributed by atoms with Crippen molar-refractivity contribution in [2.45, 2.75) is 44.7 Å². The molecule has 0 aromatic carbocycles. The molecule has 25 heavy (non-hydrogen) atoms. The molecule has 0 spiro atoms. The number of fused-ring (bicyclic) bond motifs is 1. The molecule has 8 heteroatoms. The number of aryl methyl sites for hydroxylation is 1. The van der Waals surface area contributed by atoms with Gasteiger partial charge in [-0.1, -0.05) is 0 Å². The molecule has 0 bridgehead atoms. The lowest BCUT2D eigenvalue weighted by Crippen LogP contribution is -2.41. The van der Waals surface area contributed by atoms with E-state index in [1.165, 1.54) is 4.68 Å². The van der Waals surface area contributed by atoms with Gasteiger partial charge in [0, 0.05) is 36.4 Å². The Balaban J connectivity index is 1.65. The summed E-state index contributed by atoms with van der Waals surface area (Å²) in [5.41, 5.74) is 0.696. The first kappa shape index (κ1) is 16.5. The van der Waals surface area contributed by atoms with Crippen LogP contribution in [-0.2, 0) is 17.8 Å². The Bertz CT molecular complexity index is 853. The minimum atomic E-state index is -0.399. The van der Waals surface area contributed by atoms with E-state index in [1.807, 2.05) is 11.0 Å². The van der Waals surface area contributed by atoms with E-state index in [9.17, 15) is 9.59 Å². The molecule has 1 amide bonds. The van der Waals surface area contributed by atoms with Crippen LogP contribution in [0, 0.1) is 0 Å². The fourth-order valence-electron chi connectivity index (χ4n) is 3.73. The molecule has 2 aliphatic rings. The third-order valence-electron chi connectivity index (χ3n) is 4.93. The van der Waals surface area contributed by atoms with Crippen molar-refractivity contribution in [2.75, 3.05) is 13.1 Å². The Kier molecular flexibility index (Phi) is 4.45. The van der Waals surface area contributed by atoms with Crippen LogP contribution in [0.5, 0.6) is 0 Å². The lowest BCUT2D eigenvalue weighted by atomic mass is 10.0. The highest BCUT2D eigenvalue weighted by molar-refractivity contribution is 9.10. The number of pyridine rings is 1. The van der Waals surface area contributed by atoms with Gasteiger partial charge in [-0.15, -0.1) is 0 Å². The zero-order valence-electron chi connectivity index (χ0n) is 13.9. The number of hydrogen-bond donors (Lipinski definition) is 0. The molecule has 1 saturated heterocycles. The van der Waals surface area contributed by atoms with Gasteiger partial charge < -0.3 is 4.90 Å². The minimum absolute atomic E-state index is 0.0734. The molecule has 4 heterocycles. The monoisotopic (exact) mass is 405 g/mol. The number of carbonyl (C=O) groups excluding carboxylic acids is 1. The Morgan fingerprint density at radius 3 is 2.80 bits per heavy atom. The predicted octanol–water partition coefficient (Wildman–Crippen LogP) is 1.75. The van der Waals surface area contributed by atoms with Crippen LogP contribution in [0.15, 0.2) is 27.7 Å². The van der Waals surface area contributed by atoms with Gasteiger partial charge in [0.1, 0.15) is 11.9 Å². The van der Waals surface area contributed by atoms with Crippen LogP contribution < -0.4 is 5.69 Å². The van der Waals surface area contributed by atoms with E-state index >= 15 is 0 Å². The topological polar surface area (TPSA) is 73.0 Å². The van der Waals surface area contributed by atoms with Crippen molar-refractivity contribution in [2.24, 2.45) is 0 Å². The molecule has 132 valence electrons. The molecule has 0 N–H and O–H groups in total. The van der Waals surface area contributed by atoms with Crippen LogP contribution in [0.3, 0.4) is 0 Å². The number of likely N-dealkylation sites (tertiary alicyclic amines) is 1. The van der Waals surface area contributed by atoms with Gasteiger partial charge in [-0.25, -0.2) is 9.48 Å². The number of carbonyl (C=O) groups is 1. The Labute approximate surface area is 153 Å². The number of halogens is 1. The first-order chi connectivity index (χ1) is 12.1. The number of hydrogen-bond acceptors (Lipinski definition) is 4. The average Bonchev–Trinajstić information content (AvgIpc) is 3.24. The van der Waals surface area contributed by atoms with Crippen molar-refractivity contribution < 1.29 is 4.79 Å². The maximum atomic E-state index is 12.9. The average molecular weight is 406 g/mol. The number of nitrogens with zero attached hydrogens (tertiary/aromatic N) is 5. The fraction of sp³-hybridized carbons (Fsp3) is 0.529. The summed E-state index contributed by atoms with van der Waals surface area (Å²) in [5, 5.41) is 4.49. The number of rotatable bonds is 3. The predicted molar refractivity (Wildman–Crippen MR) is 95.3 cm³/mol. The molecule has 4 rings (SSSR count). The van der Waals surface area contributed by atoms with E-state index in [1.54, 1.807) is 17.0 Å². The summed E-state index contributed by atoms with van der Waals surface area (Å²) in [6.07, 6.45) is 7.87. The van der Waals surface area contributed by atoms with Crippen molar-refractivity contribution in [1.29, 1.82) is 0 Å². The summed E-state index contributed by atoms with van der Waals surface area (Å²) >= 11 is 3.39. The SMILES string of the molecule is O=C(C1CCCc2nn(Cc3cncc(Br)c3)c(=O)n21)N1CCCC1. The smallest absolute Gasteiger partial charge is 0.341 e. The highest BCUT2D eigenvalue weighted by Gasteiger charge is 2.34. The van der Waals surface area contributed by atoms with Crippen LogP contribution in [-0.4, -0.2) is 43.2 Å². The van der Waals surface area contributed by atoms with Crippen molar-refractivity contribution in [3.63, 3.8) is 0 Å². The van der Waals surface area contributed by atoms with Gasteiger partial charge in [-0.3, -0.25) is 14.3 Å². The molecular weight excluding hydrogens is 386 g/mol. The molecule has 0 saturated carbocycles. The second-order valence-electron chi connectivity index (χ2n) is 6.68. The van der Waals surface area contributed by atoms with Gasteiger partial charge in [0.05, 0.1) is 6.54 Å². The third kappa shape index (κ3) is 3.15. The van der Waals surface area contributed by atoms with E-state index < -0.39 is 6.04 Å². The molecule has 7 nitrogen and oxygen atoms in total. The van der Waals surface area contributed by atoms with Gasteiger partial charge in [0.25, 0.3) is 0 Å². The van der Waals surface area contributed by atoms with Crippen LogP contribution in [0.4, 0.5) is 0 Å². The second kappa shape index (κ2) is 6.74. The minimum Gasteiger partial charge on any atom is -0.341 e. The number of amides is 1. The highest BCUT2D eigenvalue weighted by Crippen LogP contribution is 2.25. The first-order valence-electron chi connectivity index (χ1n) is 8.70. The second-order valence-corrected chi connectivity index (χ2v) is 7.59. The van der Waals surface area contributed by atoms with Gasteiger partial charge in [0.2, 0.25) is 5.91 Å². The molecular formula is C17H20BrN5O2. The summed E-state index contributed by atoms with van der Waals surface area (Å²) in [7, 11) is 0. The van der Waals surface area contributed by atoms with E-state index in [0.717, 1.165) is 54.6 Å². The normalized spacial score (nSPS) is 19.9. The van der Waals surface area contributed by atoms with Crippen LogP contribution in [0.1, 0.15) is 43.1 Å². The van der Waals surface area contributed by atoms with E-state index in [-0.39, 0.29) is 11.6 Å². The molecule has 0 aliphatic carbocycles. The largest absolute Gasteiger partial charge is 0.346 e. The van der Waals surface area contributed by atoms with E-state index in [4.69, 9.17) is 0 Å². The van der Waals surface area contributed by atoms with Crippen LogP contribution >= 0.6 is 15.9 Å². The Hall–Kier alpha value is -1.96. The Morgan fingerprint density at radius 2 is 2.04 bits per heavy atom. The standard InChI is InChI=1S/C17H20BrN5O2/c18-13-8-12(9-19-10-13)11-22-17(25)23-14(4-3-5-15(23)20-22)16(24)21-6-1-2-7-21/h8-10,14H,1-7,11H2. The van der Waals surface area contributed by atoms with Gasteiger partial charge in [-0.2, -0.15) is 5.10 Å². The summed E-state index contributed by atoms with van der Waals surface area (Å²) in [5.74, 6) is 0.793. The summed E-state index contributed by atoms with van der Waals surface area (Å²) < 4.78 is 3.94. The Morgan fingerprint density at radius 1 is 1.24 bits per heavy atom. The van der Waals surface area contributed by atoms with Crippen LogP contribution in [0.25, 0.3) is 0 Å². The molecule has 2 aromatic heterocycles. The van der Waals surface area contributed by atoms with Gasteiger partial charge in [0.15, 0.2) is 0 Å². The molecule has 1 fully saturated rings. The molecule has 1 atom stereocenters. The molecule has 1 unspecified atom stereocenters. The van der Waals surface area contributed by atoms with Crippen molar-refractivity contribution in [3.8, 4) is 0 Å². The summed E-state index contributed by atoms with van der Waals surface area (Å²) in [6, 6.07) is 1.52. The number of aromatic nitrogens is 4. The summed E-state index contributed by atoms with van der Waals surface area (Å²) in [6.45, 7) is 1.96. The maximum Gasteiger partial charge on any atom is 0.346 e. The highest BCUT2D eigenvalue weighted by atomic mass is 79.9. The van der Waals surface area contributed by atoms with Crippen LogP contribution in [0.2, 0.25) is 0 Å². The lowest BCUT2D eigenvalue weighted by Gasteiger charge is -2.27. The molecule has 2 aromatic rings. The third-order valence-corrected chi connectivity index (χ3v) is 5.36. The molecule has 2 aliphatic heterocycles. The zero-order chi connectivity index (χ0) is 17.4. The summed E-state index contributed by atoms with van der Waals surface area (Å²) in [4.78, 5) is 31.8. The maximum absolute atomic E-state index is 12.9. The van der Waals surface area contributed by atoms with Gasteiger partial charge >= 0.3 is 5.69 Å². The first-order valence-corrected chi connectivity index (χ1v) is 9.49. The van der Waals surface area contributed by atoms with Crippen molar-refractivity contribution >= 4 is 21.8 Å². The van der Waals surface area contributed by atoms with Gasteiger partial charge in [-0.05, 0) is 53.2 Å². The zero-order valence-corrected chi connectivity index (χ0v) is 15.5. The quantitative estimate of drug-likeness (QED) is 0.779. The molecule has 0 radical (unpaired) electrons. The van der Waals surface area contributed by atoms with E-state index in [2.05, 4.69) is 26.0 Å². The lowest BCUT2D eigenvalue weighted by molar-refractivity contribution is -0.134. The fourth-order valence-corrected chi connectivity index (χ4v) is 4.14. The van der Waals surface area contributed by atoms with E-state index in [0.29, 0.717) is 13.0 Å². The van der Waals surface area contributed by atoms with Crippen molar-refractivity contribution in [3.05, 3.63) is 44.8 Å². The van der Waals surface area contributed by atoms with Crippen molar-refractivity contribution in [1.82, 2.24) is 24.2 Å².